The molecule has 0 aliphatic heterocycles. The van der Waals surface area contributed by atoms with Crippen LogP contribution in [0.2, 0.25) is 0 Å². The summed E-state index contributed by atoms with van der Waals surface area (Å²) in [5, 5.41) is 5.33. The van der Waals surface area contributed by atoms with Gasteiger partial charge in [-0.1, -0.05) is 54.1 Å². The van der Waals surface area contributed by atoms with Gasteiger partial charge in [-0.25, -0.2) is 4.98 Å². The number of nitrogens with zero attached hydrogens (tertiary/aromatic N) is 1. The molecule has 4 nitrogen and oxygen atoms in total. The predicted molar refractivity (Wildman–Crippen MR) is 128 cm³/mol. The van der Waals surface area contributed by atoms with Gasteiger partial charge in [-0.3, -0.25) is 10.1 Å². The van der Waals surface area contributed by atoms with Gasteiger partial charge in [0.15, 0.2) is 11.7 Å². The fraction of sp³-hybridized carbons (Fsp3) is 0.154. The van der Waals surface area contributed by atoms with E-state index in [-0.39, 0.29) is 12.5 Å². The fourth-order valence-corrected chi connectivity index (χ4v) is 3.89. The summed E-state index contributed by atoms with van der Waals surface area (Å²) in [6, 6.07) is 22.4. The van der Waals surface area contributed by atoms with Crippen molar-refractivity contribution in [1.82, 2.24) is 4.98 Å². The number of hydrogen-bond donors (Lipinski definition) is 1. The number of aryl methyl sites for hydroxylation is 3. The molecule has 5 heteroatoms. The number of ether oxygens (including phenoxy) is 1. The maximum Gasteiger partial charge on any atom is 0.264 e. The molecule has 1 N–H and O–H groups in total. The zero-order chi connectivity index (χ0) is 21.8. The Morgan fingerprint density at radius 1 is 0.871 bits per heavy atom. The lowest BCUT2D eigenvalue weighted by molar-refractivity contribution is -0.118. The Kier molecular flexibility index (Phi) is 6.14. The highest BCUT2D eigenvalue weighted by atomic mass is 32.1. The number of thiazole rings is 1. The molecule has 0 bridgehead atoms. The predicted octanol–water partition coefficient (Wildman–Crippen LogP) is 6.42. The molecule has 0 spiro atoms. The number of anilines is 1. The van der Waals surface area contributed by atoms with Gasteiger partial charge in [0.05, 0.1) is 5.69 Å². The third kappa shape index (κ3) is 5.19. The summed E-state index contributed by atoms with van der Waals surface area (Å²) in [6.07, 6.45) is 0. The lowest BCUT2D eigenvalue weighted by Crippen LogP contribution is -2.20. The van der Waals surface area contributed by atoms with E-state index >= 15 is 0 Å². The molecule has 0 unspecified atom stereocenters. The Morgan fingerprint density at radius 3 is 2.19 bits per heavy atom. The number of carbonyl (C=O) groups is 1. The highest BCUT2D eigenvalue weighted by Gasteiger charge is 2.10. The zero-order valence-corrected chi connectivity index (χ0v) is 18.6. The molecule has 4 rings (SSSR count). The first-order valence-electron chi connectivity index (χ1n) is 10.1. The lowest BCUT2D eigenvalue weighted by atomic mass is 10.0. The Morgan fingerprint density at radius 2 is 1.52 bits per heavy atom. The van der Waals surface area contributed by atoms with E-state index in [2.05, 4.69) is 67.5 Å². The summed E-state index contributed by atoms with van der Waals surface area (Å²) in [5.41, 5.74) is 7.86. The van der Waals surface area contributed by atoms with Gasteiger partial charge in [-0.2, -0.15) is 0 Å². The molecule has 1 heterocycles. The van der Waals surface area contributed by atoms with Crippen molar-refractivity contribution < 1.29 is 9.53 Å². The van der Waals surface area contributed by atoms with Gasteiger partial charge in [0.1, 0.15) is 5.75 Å². The van der Waals surface area contributed by atoms with Gasteiger partial charge in [0.25, 0.3) is 5.91 Å². The van der Waals surface area contributed by atoms with Crippen LogP contribution in [0.1, 0.15) is 16.7 Å². The molecule has 0 radical (unpaired) electrons. The van der Waals surface area contributed by atoms with E-state index in [0.29, 0.717) is 10.9 Å². The molecule has 156 valence electrons. The molecule has 0 aliphatic rings. The van der Waals surface area contributed by atoms with Crippen LogP contribution in [0.15, 0.2) is 72.1 Å². The number of rotatable bonds is 6. The lowest BCUT2D eigenvalue weighted by Gasteiger charge is -2.07. The van der Waals surface area contributed by atoms with Crippen LogP contribution in [0.5, 0.6) is 5.75 Å². The van der Waals surface area contributed by atoms with Crippen LogP contribution in [-0.4, -0.2) is 17.5 Å². The van der Waals surface area contributed by atoms with Crippen LogP contribution in [0.25, 0.3) is 22.4 Å². The molecule has 1 aromatic heterocycles. The topological polar surface area (TPSA) is 51.2 Å². The SMILES string of the molecule is Cc1ccc(-c2ccc(OCC(=O)Nc3nc(-c4ccc(C)c(C)c4)cs3)cc2)cc1. The molecule has 0 fully saturated rings. The highest BCUT2D eigenvalue weighted by molar-refractivity contribution is 7.14. The van der Waals surface area contributed by atoms with Crippen molar-refractivity contribution in [3.05, 3.63) is 88.8 Å². The standard InChI is InChI=1S/C26H24N2O2S/c1-17-4-7-20(8-5-17)21-10-12-23(13-11-21)30-15-25(29)28-26-27-24(16-31-26)22-9-6-18(2)19(3)14-22/h4-14,16H,15H2,1-3H3,(H,27,28,29). The Hall–Kier alpha value is -3.44. The number of benzene rings is 3. The Bertz CT molecular complexity index is 1200. The largest absolute Gasteiger partial charge is 0.484 e. The quantitative estimate of drug-likeness (QED) is 0.385. The van der Waals surface area contributed by atoms with Crippen molar-refractivity contribution in [3.8, 4) is 28.1 Å². The van der Waals surface area contributed by atoms with E-state index in [9.17, 15) is 4.79 Å². The van der Waals surface area contributed by atoms with Crippen LogP contribution >= 0.6 is 11.3 Å². The third-order valence-corrected chi connectivity index (χ3v) is 5.92. The zero-order valence-electron chi connectivity index (χ0n) is 17.8. The van der Waals surface area contributed by atoms with Gasteiger partial charge in [0.2, 0.25) is 0 Å². The summed E-state index contributed by atoms with van der Waals surface area (Å²) >= 11 is 1.41. The Labute approximate surface area is 186 Å². The second-order valence-corrected chi connectivity index (χ2v) is 8.42. The van der Waals surface area contributed by atoms with Gasteiger partial charge in [-0.05, 0) is 61.2 Å². The summed E-state index contributed by atoms with van der Waals surface area (Å²) in [6.45, 7) is 6.17. The average molecular weight is 429 g/mol. The smallest absolute Gasteiger partial charge is 0.264 e. The average Bonchev–Trinajstić information content (AvgIpc) is 3.23. The second kappa shape index (κ2) is 9.14. The molecule has 0 saturated carbocycles. The summed E-state index contributed by atoms with van der Waals surface area (Å²) in [7, 11) is 0. The normalized spacial score (nSPS) is 10.7. The summed E-state index contributed by atoms with van der Waals surface area (Å²) in [4.78, 5) is 16.8. The van der Waals surface area contributed by atoms with E-state index in [1.807, 2.05) is 35.7 Å². The van der Waals surface area contributed by atoms with E-state index in [4.69, 9.17) is 4.74 Å². The van der Waals surface area contributed by atoms with Crippen molar-refractivity contribution in [3.63, 3.8) is 0 Å². The minimum absolute atomic E-state index is 0.0670. The minimum Gasteiger partial charge on any atom is -0.484 e. The van der Waals surface area contributed by atoms with Gasteiger partial charge in [0, 0.05) is 10.9 Å². The van der Waals surface area contributed by atoms with Gasteiger partial charge in [-0.15, -0.1) is 11.3 Å². The molecule has 1 amide bonds. The third-order valence-electron chi connectivity index (χ3n) is 5.16. The monoisotopic (exact) mass is 428 g/mol. The molecular formula is C26H24N2O2S. The first kappa shape index (κ1) is 20.8. The van der Waals surface area contributed by atoms with E-state index in [1.54, 1.807) is 0 Å². The summed E-state index contributed by atoms with van der Waals surface area (Å²) in [5.74, 6) is 0.421. The minimum atomic E-state index is -0.233. The van der Waals surface area contributed by atoms with Gasteiger partial charge >= 0.3 is 0 Å². The van der Waals surface area contributed by atoms with E-state index < -0.39 is 0 Å². The maximum absolute atomic E-state index is 12.3. The number of carbonyl (C=O) groups excluding carboxylic acids is 1. The van der Waals surface area contributed by atoms with Crippen LogP contribution < -0.4 is 10.1 Å². The molecule has 4 aromatic rings. The van der Waals surface area contributed by atoms with E-state index in [1.165, 1.54) is 28.0 Å². The number of amides is 1. The molecule has 0 saturated heterocycles. The molecular weight excluding hydrogens is 404 g/mol. The summed E-state index contributed by atoms with van der Waals surface area (Å²) < 4.78 is 5.64. The number of nitrogens with one attached hydrogen (secondary N) is 1. The van der Waals surface area contributed by atoms with Crippen molar-refractivity contribution in [2.24, 2.45) is 0 Å². The first-order valence-corrected chi connectivity index (χ1v) is 11.0. The van der Waals surface area contributed by atoms with Crippen molar-refractivity contribution in [2.45, 2.75) is 20.8 Å². The molecule has 0 atom stereocenters. The maximum atomic E-state index is 12.3. The van der Waals surface area contributed by atoms with Crippen molar-refractivity contribution >= 4 is 22.4 Å². The fourth-order valence-electron chi connectivity index (χ4n) is 3.16. The van der Waals surface area contributed by atoms with Crippen LogP contribution in [-0.2, 0) is 4.79 Å². The van der Waals surface area contributed by atoms with Crippen LogP contribution in [0, 0.1) is 20.8 Å². The molecule has 0 aliphatic carbocycles. The highest BCUT2D eigenvalue weighted by Crippen LogP contribution is 2.27. The van der Waals surface area contributed by atoms with Crippen LogP contribution in [0.3, 0.4) is 0 Å². The first-order chi connectivity index (χ1) is 15.0. The van der Waals surface area contributed by atoms with E-state index in [0.717, 1.165) is 22.4 Å². The second-order valence-electron chi connectivity index (χ2n) is 7.56. The van der Waals surface area contributed by atoms with Gasteiger partial charge < -0.3 is 4.74 Å². The number of aromatic nitrogens is 1. The van der Waals surface area contributed by atoms with Crippen LogP contribution in [0.4, 0.5) is 5.13 Å². The Balaban J connectivity index is 1.33. The van der Waals surface area contributed by atoms with Crippen molar-refractivity contribution in [2.75, 3.05) is 11.9 Å². The molecule has 3 aromatic carbocycles. The van der Waals surface area contributed by atoms with Crippen molar-refractivity contribution in [1.29, 1.82) is 0 Å². The number of hydrogen-bond acceptors (Lipinski definition) is 4. The molecule has 31 heavy (non-hydrogen) atoms.